The van der Waals surface area contributed by atoms with Gasteiger partial charge in [0.1, 0.15) is 11.5 Å². The molecule has 1 aromatic heterocycles. The molecule has 1 heterocycles. The highest BCUT2D eigenvalue weighted by Gasteiger charge is 2.22. The van der Waals surface area contributed by atoms with Crippen LogP contribution in [0.5, 0.6) is 11.5 Å². The summed E-state index contributed by atoms with van der Waals surface area (Å²) in [7, 11) is 3.28. The van der Waals surface area contributed by atoms with Gasteiger partial charge in [0.25, 0.3) is 5.91 Å². The Labute approximate surface area is 170 Å². The van der Waals surface area contributed by atoms with Crippen LogP contribution in [0, 0.1) is 13.8 Å². The number of aryl methyl sites for hydroxylation is 2. The van der Waals surface area contributed by atoms with E-state index in [1.54, 1.807) is 21.1 Å². The lowest BCUT2D eigenvalue weighted by atomic mass is 10.1. The number of likely N-dealkylation sites (N-methyl/N-ethyl adjacent to an activating group) is 1. The lowest BCUT2D eigenvalue weighted by Crippen LogP contribution is -2.37. The topological polar surface area (TPSA) is 77.7 Å². The molecule has 0 aliphatic rings. The van der Waals surface area contributed by atoms with Gasteiger partial charge < -0.3 is 18.9 Å². The quantitative estimate of drug-likeness (QED) is 0.606. The number of ether oxygens (including phenoxy) is 2. The Morgan fingerprint density at radius 1 is 1.21 bits per heavy atom. The molecule has 3 aromatic rings. The van der Waals surface area contributed by atoms with Crippen LogP contribution < -0.4 is 9.47 Å². The van der Waals surface area contributed by atoms with Crippen molar-refractivity contribution in [2.75, 3.05) is 14.2 Å². The highest BCUT2D eigenvalue weighted by molar-refractivity contribution is 5.80. The molecule has 0 aliphatic carbocycles. The highest BCUT2D eigenvalue weighted by Crippen LogP contribution is 2.22. The van der Waals surface area contributed by atoms with E-state index in [1.807, 2.05) is 56.3 Å². The van der Waals surface area contributed by atoms with Crippen LogP contribution in [0.15, 0.2) is 47.0 Å². The van der Waals surface area contributed by atoms with Crippen molar-refractivity contribution < 1.29 is 18.8 Å². The lowest BCUT2D eigenvalue weighted by Gasteiger charge is -2.21. The van der Waals surface area contributed by atoms with Crippen LogP contribution in [-0.4, -0.2) is 41.2 Å². The van der Waals surface area contributed by atoms with Gasteiger partial charge in [-0.1, -0.05) is 35.0 Å². The zero-order chi connectivity index (χ0) is 21.0. The minimum absolute atomic E-state index is 0.175. The van der Waals surface area contributed by atoms with Gasteiger partial charge in [-0.3, -0.25) is 4.79 Å². The van der Waals surface area contributed by atoms with Gasteiger partial charge in [-0.05, 0) is 44.5 Å². The number of amides is 1. The normalized spacial score (nSPS) is 11.8. The number of rotatable bonds is 7. The van der Waals surface area contributed by atoms with Crippen molar-refractivity contribution in [3.05, 3.63) is 59.5 Å². The molecular weight excluding hydrogens is 370 g/mol. The van der Waals surface area contributed by atoms with Crippen molar-refractivity contribution in [2.45, 2.75) is 33.4 Å². The van der Waals surface area contributed by atoms with E-state index in [1.165, 1.54) is 4.90 Å². The molecule has 0 unspecified atom stereocenters. The Hall–Kier alpha value is -3.35. The second-order valence-corrected chi connectivity index (χ2v) is 6.97. The van der Waals surface area contributed by atoms with Crippen molar-refractivity contribution in [1.29, 1.82) is 0 Å². The van der Waals surface area contributed by atoms with E-state index in [-0.39, 0.29) is 12.5 Å². The van der Waals surface area contributed by atoms with E-state index in [9.17, 15) is 4.79 Å². The van der Waals surface area contributed by atoms with Crippen LogP contribution in [0.3, 0.4) is 0 Å². The Kier molecular flexibility index (Phi) is 6.16. The maximum Gasteiger partial charge on any atom is 0.263 e. The van der Waals surface area contributed by atoms with Crippen LogP contribution in [0.25, 0.3) is 11.4 Å². The van der Waals surface area contributed by atoms with E-state index in [0.29, 0.717) is 23.2 Å². The maximum atomic E-state index is 12.7. The van der Waals surface area contributed by atoms with Gasteiger partial charge in [0.2, 0.25) is 11.7 Å². The third-order valence-corrected chi connectivity index (χ3v) is 4.53. The Balaban J connectivity index is 1.64. The predicted octanol–water partition coefficient (Wildman–Crippen LogP) is 3.79. The third-order valence-electron chi connectivity index (χ3n) is 4.53. The summed E-state index contributed by atoms with van der Waals surface area (Å²) >= 11 is 0. The van der Waals surface area contributed by atoms with Crippen molar-refractivity contribution in [3.8, 4) is 22.9 Å². The predicted molar refractivity (Wildman–Crippen MR) is 109 cm³/mol. The van der Waals surface area contributed by atoms with Crippen LogP contribution >= 0.6 is 0 Å². The molecule has 7 nitrogen and oxygen atoms in total. The number of benzene rings is 2. The van der Waals surface area contributed by atoms with Crippen molar-refractivity contribution in [1.82, 2.24) is 15.0 Å². The molecule has 152 valence electrons. The minimum atomic E-state index is -0.637. The molecule has 1 atom stereocenters. The van der Waals surface area contributed by atoms with Gasteiger partial charge in [-0.25, -0.2) is 0 Å². The molecule has 2 aromatic carbocycles. The molecule has 0 aliphatic heterocycles. The van der Waals surface area contributed by atoms with Crippen LogP contribution in [0.2, 0.25) is 0 Å². The fourth-order valence-corrected chi connectivity index (χ4v) is 2.96. The average molecular weight is 395 g/mol. The summed E-state index contributed by atoms with van der Waals surface area (Å²) in [5.41, 5.74) is 2.92. The SMILES string of the molecule is COc1cccc(-c2noc(CN(C)C(=O)[C@H](C)Oc3ccc(C)cc3C)n2)c1. The fraction of sp³-hybridized carbons (Fsp3) is 0.318. The molecule has 0 saturated carbocycles. The van der Waals surface area contributed by atoms with E-state index >= 15 is 0 Å². The molecule has 29 heavy (non-hydrogen) atoms. The largest absolute Gasteiger partial charge is 0.497 e. The van der Waals surface area contributed by atoms with Crippen LogP contribution in [-0.2, 0) is 11.3 Å². The average Bonchev–Trinajstić information content (AvgIpc) is 3.18. The molecule has 0 fully saturated rings. The number of carbonyl (C=O) groups is 1. The number of aromatic nitrogens is 2. The van der Waals surface area contributed by atoms with Gasteiger partial charge in [-0.2, -0.15) is 4.98 Å². The number of hydrogen-bond donors (Lipinski definition) is 0. The summed E-state index contributed by atoms with van der Waals surface area (Å²) in [5.74, 6) is 2.02. The molecule has 0 N–H and O–H groups in total. The van der Waals surface area contributed by atoms with Gasteiger partial charge in [0.05, 0.1) is 13.7 Å². The van der Waals surface area contributed by atoms with E-state index in [4.69, 9.17) is 14.0 Å². The summed E-state index contributed by atoms with van der Waals surface area (Å²) in [4.78, 5) is 18.6. The second kappa shape index (κ2) is 8.77. The van der Waals surface area contributed by atoms with Crippen molar-refractivity contribution in [2.24, 2.45) is 0 Å². The van der Waals surface area contributed by atoms with E-state index < -0.39 is 6.10 Å². The summed E-state index contributed by atoms with van der Waals surface area (Å²) in [5, 5.41) is 4.00. The summed E-state index contributed by atoms with van der Waals surface area (Å²) in [6, 6.07) is 13.2. The molecular formula is C22H25N3O4. The third kappa shape index (κ3) is 4.93. The van der Waals surface area contributed by atoms with Crippen LogP contribution in [0.1, 0.15) is 23.9 Å². The zero-order valence-corrected chi connectivity index (χ0v) is 17.3. The first-order chi connectivity index (χ1) is 13.9. The first-order valence-corrected chi connectivity index (χ1v) is 9.33. The van der Waals surface area contributed by atoms with Gasteiger partial charge >= 0.3 is 0 Å². The highest BCUT2D eigenvalue weighted by atomic mass is 16.5. The number of nitrogens with zero attached hydrogens (tertiary/aromatic N) is 3. The van der Waals surface area contributed by atoms with Gasteiger partial charge in [0.15, 0.2) is 6.10 Å². The summed E-state index contributed by atoms with van der Waals surface area (Å²) < 4.78 is 16.4. The zero-order valence-electron chi connectivity index (χ0n) is 17.3. The second-order valence-electron chi connectivity index (χ2n) is 6.97. The molecule has 0 radical (unpaired) electrons. The molecule has 7 heteroatoms. The summed E-state index contributed by atoms with van der Waals surface area (Å²) in [6.07, 6.45) is -0.637. The standard InChI is InChI=1S/C22H25N3O4/c1-14-9-10-19(15(2)11-14)28-16(3)22(26)25(4)13-20-23-21(24-29-20)17-7-6-8-18(12-17)27-5/h6-12,16H,13H2,1-5H3/t16-/m0/s1. The Bertz CT molecular complexity index is 999. The number of carbonyl (C=O) groups excluding carboxylic acids is 1. The molecule has 3 rings (SSSR count). The first kappa shape index (κ1) is 20.4. The van der Waals surface area contributed by atoms with E-state index in [2.05, 4.69) is 10.1 Å². The lowest BCUT2D eigenvalue weighted by molar-refractivity contribution is -0.137. The molecule has 0 saturated heterocycles. The molecule has 1 amide bonds. The fourth-order valence-electron chi connectivity index (χ4n) is 2.96. The van der Waals surface area contributed by atoms with Crippen molar-refractivity contribution >= 4 is 5.91 Å². The van der Waals surface area contributed by atoms with E-state index in [0.717, 1.165) is 16.7 Å². The smallest absolute Gasteiger partial charge is 0.263 e. The number of hydrogen-bond acceptors (Lipinski definition) is 6. The minimum Gasteiger partial charge on any atom is -0.497 e. The van der Waals surface area contributed by atoms with Gasteiger partial charge in [0, 0.05) is 12.6 Å². The van der Waals surface area contributed by atoms with Crippen LogP contribution in [0.4, 0.5) is 0 Å². The Morgan fingerprint density at radius 2 is 2.00 bits per heavy atom. The maximum absolute atomic E-state index is 12.7. The first-order valence-electron chi connectivity index (χ1n) is 9.33. The van der Waals surface area contributed by atoms with Crippen molar-refractivity contribution in [3.63, 3.8) is 0 Å². The number of methoxy groups -OCH3 is 1. The molecule has 0 bridgehead atoms. The Morgan fingerprint density at radius 3 is 2.72 bits per heavy atom. The summed E-state index contributed by atoms with van der Waals surface area (Å²) in [6.45, 7) is 5.90. The van der Waals surface area contributed by atoms with Gasteiger partial charge in [-0.15, -0.1) is 0 Å². The molecule has 0 spiro atoms. The monoisotopic (exact) mass is 395 g/mol.